The number of amides is 1. The molecule has 0 saturated heterocycles. The summed E-state index contributed by atoms with van der Waals surface area (Å²) in [5.74, 6) is 0.258. The highest BCUT2D eigenvalue weighted by Crippen LogP contribution is 2.25. The lowest BCUT2D eigenvalue weighted by molar-refractivity contribution is -0.120. The zero-order chi connectivity index (χ0) is 13.5. The first-order chi connectivity index (χ1) is 8.58. The van der Waals surface area contributed by atoms with Crippen molar-refractivity contribution in [1.29, 1.82) is 0 Å². The van der Waals surface area contributed by atoms with Gasteiger partial charge in [0.2, 0.25) is 5.91 Å². The predicted molar refractivity (Wildman–Crippen MR) is 80.8 cm³/mol. The lowest BCUT2D eigenvalue weighted by Crippen LogP contribution is -2.22. The van der Waals surface area contributed by atoms with Gasteiger partial charge in [0, 0.05) is 10.4 Å². The molecule has 0 aliphatic carbocycles. The number of hydrogen-bond acceptors (Lipinski definition) is 1. The highest BCUT2D eigenvalue weighted by molar-refractivity contribution is 9.10. The first kappa shape index (κ1) is 15.2. The highest BCUT2D eigenvalue weighted by atomic mass is 79.9. The maximum Gasteiger partial charge on any atom is 0.227 e. The van der Waals surface area contributed by atoms with Gasteiger partial charge in [0.15, 0.2) is 0 Å². The van der Waals surface area contributed by atoms with Crippen LogP contribution in [0.5, 0.6) is 0 Å². The van der Waals surface area contributed by atoms with Crippen molar-refractivity contribution in [2.24, 2.45) is 5.92 Å². The number of rotatable bonds is 6. The van der Waals surface area contributed by atoms with Gasteiger partial charge >= 0.3 is 0 Å². The Kier molecular flexibility index (Phi) is 6.41. The van der Waals surface area contributed by atoms with Gasteiger partial charge in [-0.2, -0.15) is 0 Å². The van der Waals surface area contributed by atoms with Crippen molar-refractivity contribution in [2.75, 3.05) is 5.32 Å². The third-order valence-electron chi connectivity index (χ3n) is 3.15. The van der Waals surface area contributed by atoms with Crippen molar-refractivity contribution in [3.63, 3.8) is 0 Å². The molecule has 2 nitrogen and oxygen atoms in total. The van der Waals surface area contributed by atoms with E-state index in [-0.39, 0.29) is 11.8 Å². The molecule has 3 heteroatoms. The van der Waals surface area contributed by atoms with E-state index in [2.05, 4.69) is 35.1 Å². The van der Waals surface area contributed by atoms with Crippen LogP contribution in [0.25, 0.3) is 0 Å². The summed E-state index contributed by atoms with van der Waals surface area (Å²) in [6, 6.07) is 5.97. The molecule has 1 atom stereocenters. The third kappa shape index (κ3) is 4.45. The van der Waals surface area contributed by atoms with Crippen molar-refractivity contribution in [1.82, 2.24) is 0 Å². The molecule has 0 aromatic heterocycles. The molecule has 100 valence electrons. The SMILES string of the molecule is CCCCC(CC)C(=O)Nc1ccc(C)cc1Br. The molecule has 0 radical (unpaired) electrons. The Morgan fingerprint density at radius 3 is 2.67 bits per heavy atom. The molecule has 1 amide bonds. The smallest absolute Gasteiger partial charge is 0.227 e. The molecule has 0 spiro atoms. The monoisotopic (exact) mass is 311 g/mol. The zero-order valence-electron chi connectivity index (χ0n) is 11.4. The number of unbranched alkanes of at least 4 members (excludes halogenated alkanes) is 1. The molecule has 0 aliphatic rings. The van der Waals surface area contributed by atoms with E-state index in [1.165, 1.54) is 5.56 Å². The van der Waals surface area contributed by atoms with Crippen LogP contribution >= 0.6 is 15.9 Å². The van der Waals surface area contributed by atoms with Crippen molar-refractivity contribution in [3.8, 4) is 0 Å². The molecular weight excluding hydrogens is 290 g/mol. The number of carbonyl (C=O) groups excluding carboxylic acids is 1. The third-order valence-corrected chi connectivity index (χ3v) is 3.81. The van der Waals surface area contributed by atoms with Crippen LogP contribution in [0.3, 0.4) is 0 Å². The molecular formula is C15H22BrNO. The van der Waals surface area contributed by atoms with Gasteiger partial charge in [-0.3, -0.25) is 4.79 Å². The molecule has 0 aliphatic heterocycles. The average molecular weight is 312 g/mol. The molecule has 0 bridgehead atoms. The summed E-state index contributed by atoms with van der Waals surface area (Å²) in [6.45, 7) is 6.26. The summed E-state index contributed by atoms with van der Waals surface area (Å²) in [6.07, 6.45) is 4.12. The van der Waals surface area contributed by atoms with Crippen LogP contribution < -0.4 is 5.32 Å². The van der Waals surface area contributed by atoms with E-state index in [9.17, 15) is 4.79 Å². The van der Waals surface area contributed by atoms with E-state index in [1.54, 1.807) is 0 Å². The van der Waals surface area contributed by atoms with Gasteiger partial charge in [-0.15, -0.1) is 0 Å². The molecule has 1 rings (SSSR count). The molecule has 0 saturated carbocycles. The van der Waals surface area contributed by atoms with Crippen molar-refractivity contribution in [3.05, 3.63) is 28.2 Å². The Morgan fingerprint density at radius 1 is 1.39 bits per heavy atom. The second kappa shape index (κ2) is 7.57. The molecule has 1 aromatic rings. The summed E-state index contributed by atoms with van der Waals surface area (Å²) < 4.78 is 0.946. The second-order valence-corrected chi connectivity index (χ2v) is 5.57. The van der Waals surface area contributed by atoms with E-state index in [4.69, 9.17) is 0 Å². The van der Waals surface area contributed by atoms with Gasteiger partial charge in [0.1, 0.15) is 0 Å². The van der Waals surface area contributed by atoms with Crippen LogP contribution in [0.15, 0.2) is 22.7 Å². The number of halogens is 1. The van der Waals surface area contributed by atoms with E-state index in [0.717, 1.165) is 35.8 Å². The van der Waals surface area contributed by atoms with Crippen LogP contribution in [0.2, 0.25) is 0 Å². The fourth-order valence-electron chi connectivity index (χ4n) is 1.93. The predicted octanol–water partition coefficient (Wildman–Crippen LogP) is 4.91. The van der Waals surface area contributed by atoms with Gasteiger partial charge in [-0.1, -0.05) is 32.8 Å². The summed E-state index contributed by atoms with van der Waals surface area (Å²) >= 11 is 3.48. The summed E-state index contributed by atoms with van der Waals surface area (Å²) in [4.78, 5) is 12.2. The topological polar surface area (TPSA) is 29.1 Å². The van der Waals surface area contributed by atoms with E-state index < -0.39 is 0 Å². The largest absolute Gasteiger partial charge is 0.325 e. The first-order valence-electron chi connectivity index (χ1n) is 6.65. The molecule has 1 N–H and O–H groups in total. The molecule has 0 fully saturated rings. The molecule has 1 aromatic carbocycles. The number of hydrogen-bond donors (Lipinski definition) is 1. The van der Waals surface area contributed by atoms with Crippen molar-refractivity contribution >= 4 is 27.5 Å². The number of carbonyl (C=O) groups is 1. The number of aryl methyl sites for hydroxylation is 1. The maximum absolute atomic E-state index is 12.2. The first-order valence-corrected chi connectivity index (χ1v) is 7.44. The summed E-state index contributed by atoms with van der Waals surface area (Å²) in [5.41, 5.74) is 2.04. The fourth-order valence-corrected chi connectivity index (χ4v) is 2.52. The van der Waals surface area contributed by atoms with Crippen LogP contribution in [-0.4, -0.2) is 5.91 Å². The number of anilines is 1. The number of benzene rings is 1. The molecule has 18 heavy (non-hydrogen) atoms. The van der Waals surface area contributed by atoms with Gasteiger partial charge < -0.3 is 5.32 Å². The Hall–Kier alpha value is -0.830. The fraction of sp³-hybridized carbons (Fsp3) is 0.533. The van der Waals surface area contributed by atoms with Gasteiger partial charge in [0.25, 0.3) is 0 Å². The Bertz CT molecular complexity index is 403. The lowest BCUT2D eigenvalue weighted by atomic mass is 9.98. The van der Waals surface area contributed by atoms with E-state index >= 15 is 0 Å². The van der Waals surface area contributed by atoms with Crippen molar-refractivity contribution in [2.45, 2.75) is 46.5 Å². The Morgan fingerprint density at radius 2 is 2.11 bits per heavy atom. The van der Waals surface area contributed by atoms with Gasteiger partial charge in [0.05, 0.1) is 5.69 Å². The molecule has 0 heterocycles. The van der Waals surface area contributed by atoms with Crippen LogP contribution in [0, 0.1) is 12.8 Å². The Balaban J connectivity index is 2.67. The van der Waals surface area contributed by atoms with E-state index in [1.807, 2.05) is 25.1 Å². The minimum atomic E-state index is 0.123. The Labute approximate surface area is 118 Å². The minimum Gasteiger partial charge on any atom is -0.325 e. The second-order valence-electron chi connectivity index (χ2n) is 4.72. The normalized spacial score (nSPS) is 12.2. The van der Waals surface area contributed by atoms with E-state index in [0.29, 0.717) is 0 Å². The number of nitrogens with one attached hydrogen (secondary N) is 1. The van der Waals surface area contributed by atoms with Crippen LogP contribution in [0.4, 0.5) is 5.69 Å². The molecule has 1 unspecified atom stereocenters. The quantitative estimate of drug-likeness (QED) is 0.794. The van der Waals surface area contributed by atoms with Crippen LogP contribution in [-0.2, 0) is 4.79 Å². The standard InChI is InChI=1S/C15H22BrNO/c1-4-6-7-12(5-2)15(18)17-14-9-8-11(3)10-13(14)16/h8-10,12H,4-7H2,1-3H3,(H,17,18). The summed E-state index contributed by atoms with van der Waals surface area (Å²) in [7, 11) is 0. The zero-order valence-corrected chi connectivity index (χ0v) is 13.0. The van der Waals surface area contributed by atoms with Gasteiger partial charge in [-0.25, -0.2) is 0 Å². The lowest BCUT2D eigenvalue weighted by Gasteiger charge is -2.15. The van der Waals surface area contributed by atoms with Crippen molar-refractivity contribution < 1.29 is 4.79 Å². The van der Waals surface area contributed by atoms with Gasteiger partial charge in [-0.05, 0) is 53.4 Å². The van der Waals surface area contributed by atoms with Crippen LogP contribution in [0.1, 0.15) is 45.1 Å². The highest BCUT2D eigenvalue weighted by Gasteiger charge is 2.16. The summed E-state index contributed by atoms with van der Waals surface area (Å²) in [5, 5.41) is 3.01. The average Bonchev–Trinajstić information content (AvgIpc) is 2.34. The maximum atomic E-state index is 12.2. The minimum absolute atomic E-state index is 0.123.